The normalized spacial score (nSPS) is 11.5. The van der Waals surface area contributed by atoms with Crippen LogP contribution in [0.4, 0.5) is 0 Å². The fourth-order valence-electron chi connectivity index (χ4n) is 2.67. The molecule has 0 saturated carbocycles. The molecule has 0 amide bonds. The van der Waals surface area contributed by atoms with Gasteiger partial charge < -0.3 is 13.9 Å². The second-order valence-electron chi connectivity index (χ2n) is 7.28. The van der Waals surface area contributed by atoms with Gasteiger partial charge in [0, 0.05) is 11.9 Å². The number of carbonyl (C=O) groups is 1. The van der Waals surface area contributed by atoms with Crippen LogP contribution in [0.2, 0.25) is 0 Å². The van der Waals surface area contributed by atoms with E-state index in [1.807, 2.05) is 41.7 Å². The number of nitrogens with zero attached hydrogens (tertiary/aromatic N) is 2. The lowest BCUT2D eigenvalue weighted by atomic mass is 9.87. The van der Waals surface area contributed by atoms with Crippen molar-refractivity contribution in [2.24, 2.45) is 0 Å². The molecule has 5 heteroatoms. The molecule has 0 radical (unpaired) electrons. The van der Waals surface area contributed by atoms with Gasteiger partial charge in [-0.05, 0) is 42.2 Å². The zero-order chi connectivity index (χ0) is 18.7. The summed E-state index contributed by atoms with van der Waals surface area (Å²) in [5, 5.41) is 0. The van der Waals surface area contributed by atoms with E-state index >= 15 is 0 Å². The van der Waals surface area contributed by atoms with Gasteiger partial charge >= 0.3 is 5.97 Å². The van der Waals surface area contributed by atoms with Crippen molar-refractivity contribution >= 4 is 11.6 Å². The lowest BCUT2D eigenvalue weighted by Gasteiger charge is -2.19. The number of rotatable bonds is 5. The predicted octanol–water partition coefficient (Wildman–Crippen LogP) is 4.18. The maximum atomic E-state index is 12.1. The highest BCUT2D eigenvalue weighted by molar-refractivity contribution is 5.88. The summed E-state index contributed by atoms with van der Waals surface area (Å²) in [7, 11) is 0. The first kappa shape index (κ1) is 18.0. The van der Waals surface area contributed by atoms with Gasteiger partial charge in [-0.15, -0.1) is 0 Å². The van der Waals surface area contributed by atoms with E-state index in [4.69, 9.17) is 9.47 Å². The van der Waals surface area contributed by atoms with Crippen LogP contribution >= 0.6 is 0 Å². The highest BCUT2D eigenvalue weighted by atomic mass is 16.6. The van der Waals surface area contributed by atoms with E-state index in [2.05, 4.69) is 37.9 Å². The van der Waals surface area contributed by atoms with Crippen molar-refractivity contribution in [1.29, 1.82) is 0 Å². The van der Waals surface area contributed by atoms with Crippen molar-refractivity contribution in [2.75, 3.05) is 13.2 Å². The molecular weight excluding hydrogens is 328 g/mol. The molecule has 0 saturated heterocycles. The molecule has 0 aliphatic rings. The molecule has 0 unspecified atom stereocenters. The molecule has 0 aliphatic carbocycles. The SMILES string of the molecule is Cc1cccc2nc(C(=O)OCCOc3ccc(C(C)(C)C)cc3)cn12. The van der Waals surface area contributed by atoms with Crippen LogP contribution < -0.4 is 4.74 Å². The first-order chi connectivity index (χ1) is 12.3. The Morgan fingerprint density at radius 1 is 1.08 bits per heavy atom. The second-order valence-corrected chi connectivity index (χ2v) is 7.28. The first-order valence-electron chi connectivity index (χ1n) is 8.70. The summed E-state index contributed by atoms with van der Waals surface area (Å²) < 4.78 is 12.8. The molecule has 0 aliphatic heterocycles. The zero-order valence-electron chi connectivity index (χ0n) is 15.7. The van der Waals surface area contributed by atoms with Crippen LogP contribution in [0.1, 0.15) is 42.5 Å². The Bertz CT molecular complexity index is 905. The average molecular weight is 352 g/mol. The lowest BCUT2D eigenvalue weighted by Crippen LogP contribution is -2.13. The highest BCUT2D eigenvalue weighted by Gasteiger charge is 2.14. The van der Waals surface area contributed by atoms with Crippen LogP contribution in [0.15, 0.2) is 48.7 Å². The first-order valence-corrected chi connectivity index (χ1v) is 8.70. The van der Waals surface area contributed by atoms with E-state index in [9.17, 15) is 4.79 Å². The summed E-state index contributed by atoms with van der Waals surface area (Å²) in [6, 6.07) is 13.7. The van der Waals surface area contributed by atoms with Gasteiger partial charge in [-0.3, -0.25) is 0 Å². The van der Waals surface area contributed by atoms with Crippen molar-refractivity contribution in [3.8, 4) is 5.75 Å². The number of aromatic nitrogens is 2. The smallest absolute Gasteiger partial charge is 0.358 e. The number of ether oxygens (including phenoxy) is 2. The predicted molar refractivity (Wildman–Crippen MR) is 101 cm³/mol. The average Bonchev–Trinajstić information content (AvgIpc) is 3.04. The second kappa shape index (κ2) is 7.20. The van der Waals surface area contributed by atoms with Crippen molar-refractivity contribution in [3.63, 3.8) is 0 Å². The number of fused-ring (bicyclic) bond motifs is 1. The van der Waals surface area contributed by atoms with Gasteiger partial charge in [-0.1, -0.05) is 39.0 Å². The van der Waals surface area contributed by atoms with Gasteiger partial charge in [0.2, 0.25) is 0 Å². The minimum Gasteiger partial charge on any atom is -0.490 e. The molecule has 0 fully saturated rings. The van der Waals surface area contributed by atoms with Gasteiger partial charge in [0.25, 0.3) is 0 Å². The molecule has 5 nitrogen and oxygen atoms in total. The molecule has 0 atom stereocenters. The Hall–Kier alpha value is -2.82. The maximum Gasteiger partial charge on any atom is 0.358 e. The Morgan fingerprint density at radius 3 is 2.46 bits per heavy atom. The van der Waals surface area contributed by atoms with E-state index in [1.54, 1.807) is 6.20 Å². The minimum atomic E-state index is -0.445. The van der Waals surface area contributed by atoms with E-state index in [0.29, 0.717) is 12.3 Å². The molecule has 0 N–H and O–H groups in total. The zero-order valence-corrected chi connectivity index (χ0v) is 15.7. The summed E-state index contributed by atoms with van der Waals surface area (Å²) in [5.74, 6) is 0.317. The number of esters is 1. The Kier molecular flexibility index (Phi) is 4.98. The van der Waals surface area contributed by atoms with E-state index in [0.717, 1.165) is 17.1 Å². The monoisotopic (exact) mass is 352 g/mol. The van der Waals surface area contributed by atoms with Gasteiger partial charge in [0.05, 0.1) is 0 Å². The molecular formula is C21H24N2O3. The number of pyridine rings is 1. The van der Waals surface area contributed by atoms with Crippen molar-refractivity contribution in [3.05, 3.63) is 65.6 Å². The summed E-state index contributed by atoms with van der Waals surface area (Å²) in [6.45, 7) is 8.94. The van der Waals surface area contributed by atoms with Crippen molar-refractivity contribution < 1.29 is 14.3 Å². The summed E-state index contributed by atoms with van der Waals surface area (Å²) in [6.07, 6.45) is 1.69. The molecule has 26 heavy (non-hydrogen) atoms. The Morgan fingerprint density at radius 2 is 1.81 bits per heavy atom. The molecule has 3 aromatic rings. The van der Waals surface area contributed by atoms with Crippen LogP contribution in [0, 0.1) is 6.92 Å². The standard InChI is InChI=1S/C21H24N2O3/c1-15-6-5-7-19-22-18(14-23(15)19)20(24)26-13-12-25-17-10-8-16(9-11-17)21(2,3)4/h5-11,14H,12-13H2,1-4H3. The third kappa shape index (κ3) is 4.04. The van der Waals surface area contributed by atoms with Crippen LogP contribution in [-0.2, 0) is 10.2 Å². The third-order valence-corrected chi connectivity index (χ3v) is 4.21. The van der Waals surface area contributed by atoms with Crippen molar-refractivity contribution in [1.82, 2.24) is 9.38 Å². The number of hydrogen-bond donors (Lipinski definition) is 0. The fourth-order valence-corrected chi connectivity index (χ4v) is 2.67. The largest absolute Gasteiger partial charge is 0.490 e. The van der Waals surface area contributed by atoms with Gasteiger partial charge in [0.15, 0.2) is 5.69 Å². The number of aryl methyl sites for hydroxylation is 1. The quantitative estimate of drug-likeness (QED) is 0.511. The van der Waals surface area contributed by atoms with Crippen LogP contribution in [0.5, 0.6) is 5.75 Å². The minimum absolute atomic E-state index is 0.112. The molecule has 2 aromatic heterocycles. The van der Waals surface area contributed by atoms with E-state index < -0.39 is 5.97 Å². The number of benzene rings is 1. The van der Waals surface area contributed by atoms with E-state index in [-0.39, 0.29) is 12.0 Å². The molecule has 136 valence electrons. The molecule has 1 aromatic carbocycles. The van der Waals surface area contributed by atoms with Gasteiger partial charge in [-0.25, -0.2) is 9.78 Å². The number of carbonyl (C=O) groups excluding carboxylic acids is 1. The lowest BCUT2D eigenvalue weighted by molar-refractivity contribution is 0.0444. The molecule has 3 rings (SSSR count). The van der Waals surface area contributed by atoms with Crippen molar-refractivity contribution in [2.45, 2.75) is 33.1 Å². The third-order valence-electron chi connectivity index (χ3n) is 4.21. The summed E-state index contributed by atoms with van der Waals surface area (Å²) in [5.41, 5.74) is 3.40. The number of imidazole rings is 1. The van der Waals surface area contributed by atoms with Crippen LogP contribution in [0.25, 0.3) is 5.65 Å². The molecule has 2 heterocycles. The molecule has 0 bridgehead atoms. The Labute approximate surface area is 153 Å². The Balaban J connectivity index is 1.51. The van der Waals surface area contributed by atoms with E-state index in [1.165, 1.54) is 5.56 Å². The maximum absolute atomic E-state index is 12.1. The van der Waals surface area contributed by atoms with Crippen LogP contribution in [0.3, 0.4) is 0 Å². The van der Waals surface area contributed by atoms with Gasteiger partial charge in [-0.2, -0.15) is 0 Å². The fraction of sp³-hybridized carbons (Fsp3) is 0.333. The number of hydrogen-bond acceptors (Lipinski definition) is 4. The molecule has 0 spiro atoms. The summed E-state index contributed by atoms with van der Waals surface area (Å²) >= 11 is 0. The topological polar surface area (TPSA) is 52.8 Å². The highest BCUT2D eigenvalue weighted by Crippen LogP contribution is 2.24. The van der Waals surface area contributed by atoms with Crippen LogP contribution in [-0.4, -0.2) is 28.6 Å². The van der Waals surface area contributed by atoms with Gasteiger partial charge in [0.1, 0.15) is 24.6 Å². The summed E-state index contributed by atoms with van der Waals surface area (Å²) in [4.78, 5) is 16.4.